The Hall–Kier alpha value is -1.71. The molecule has 2 saturated heterocycles. The van der Waals surface area contributed by atoms with Crippen molar-refractivity contribution in [3.63, 3.8) is 0 Å². The molecule has 1 aromatic rings. The molecular weight excluding hydrogens is 421 g/mol. The maximum absolute atomic E-state index is 12.8. The molecule has 9 heteroatoms. The van der Waals surface area contributed by atoms with Gasteiger partial charge in [0.15, 0.2) is 0 Å². The van der Waals surface area contributed by atoms with Crippen molar-refractivity contribution in [3.05, 3.63) is 29.6 Å². The van der Waals surface area contributed by atoms with Crippen LogP contribution >= 0.6 is 0 Å². The number of amides is 1. The van der Waals surface area contributed by atoms with E-state index in [2.05, 4.69) is 33.9 Å². The van der Waals surface area contributed by atoms with E-state index in [1.54, 1.807) is 0 Å². The van der Waals surface area contributed by atoms with Crippen molar-refractivity contribution in [2.24, 2.45) is 5.92 Å². The molecule has 180 valence electrons. The zero-order valence-electron chi connectivity index (χ0n) is 19.1. The molecule has 0 atom stereocenters. The number of halogens is 3. The van der Waals surface area contributed by atoms with E-state index in [9.17, 15) is 18.0 Å². The second kappa shape index (κ2) is 10.9. The van der Waals surface area contributed by atoms with Gasteiger partial charge in [0.1, 0.15) is 5.69 Å². The van der Waals surface area contributed by atoms with Crippen molar-refractivity contribution in [2.45, 2.75) is 51.2 Å². The van der Waals surface area contributed by atoms with Gasteiger partial charge in [0.25, 0.3) is 0 Å². The number of pyridine rings is 1. The molecule has 0 spiro atoms. The second-order valence-corrected chi connectivity index (χ2v) is 9.31. The predicted octanol–water partition coefficient (Wildman–Crippen LogP) is 2.97. The molecule has 0 aromatic carbocycles. The second-order valence-electron chi connectivity index (χ2n) is 9.31. The number of carbonyl (C=O) groups is 1. The van der Waals surface area contributed by atoms with Crippen LogP contribution in [0.15, 0.2) is 18.2 Å². The van der Waals surface area contributed by atoms with Gasteiger partial charge in [0.05, 0.1) is 0 Å². The molecule has 2 aliphatic heterocycles. The Bertz CT molecular complexity index is 743. The number of nitrogens with one attached hydrogen (secondary N) is 1. The number of rotatable bonds is 8. The number of hydrogen-bond donors (Lipinski definition) is 1. The van der Waals surface area contributed by atoms with Gasteiger partial charge in [-0.05, 0) is 37.3 Å². The Balaban J connectivity index is 1.53. The first kappa shape index (κ1) is 24.9. The number of hydrogen-bond acceptors (Lipinski definition) is 5. The Morgan fingerprint density at radius 3 is 2.50 bits per heavy atom. The predicted molar refractivity (Wildman–Crippen MR) is 116 cm³/mol. The van der Waals surface area contributed by atoms with Gasteiger partial charge in [0.2, 0.25) is 5.91 Å². The van der Waals surface area contributed by atoms with E-state index in [-0.39, 0.29) is 30.0 Å². The van der Waals surface area contributed by atoms with Gasteiger partial charge in [-0.3, -0.25) is 9.69 Å². The monoisotopic (exact) mass is 456 g/mol. The van der Waals surface area contributed by atoms with Crippen LogP contribution in [-0.2, 0) is 22.1 Å². The Morgan fingerprint density at radius 2 is 1.88 bits per heavy atom. The van der Waals surface area contributed by atoms with Crippen LogP contribution in [0.2, 0.25) is 0 Å². The third kappa shape index (κ3) is 6.89. The van der Waals surface area contributed by atoms with E-state index in [0.717, 1.165) is 51.6 Å². The van der Waals surface area contributed by atoms with Gasteiger partial charge in [-0.15, -0.1) is 0 Å². The molecule has 6 nitrogen and oxygen atoms in total. The van der Waals surface area contributed by atoms with E-state index >= 15 is 0 Å². The highest BCUT2D eigenvalue weighted by Crippen LogP contribution is 2.29. The van der Waals surface area contributed by atoms with Crippen molar-refractivity contribution in [1.29, 1.82) is 0 Å². The first-order chi connectivity index (χ1) is 15.2. The van der Waals surface area contributed by atoms with Crippen molar-refractivity contribution in [1.82, 2.24) is 20.1 Å². The summed E-state index contributed by atoms with van der Waals surface area (Å²) in [4.78, 5) is 21.2. The fraction of sp³-hybridized carbons (Fsp3) is 0.739. The summed E-state index contributed by atoms with van der Waals surface area (Å²) in [6.07, 6.45) is -2.45. The van der Waals surface area contributed by atoms with E-state index in [1.165, 1.54) is 12.1 Å². The summed E-state index contributed by atoms with van der Waals surface area (Å²) in [5.41, 5.74) is -0.767. The fourth-order valence-electron chi connectivity index (χ4n) is 4.65. The molecule has 3 rings (SSSR count). The zero-order chi connectivity index (χ0) is 23.2. The van der Waals surface area contributed by atoms with Gasteiger partial charge in [-0.25, -0.2) is 4.98 Å². The third-order valence-corrected chi connectivity index (χ3v) is 6.41. The topological polar surface area (TPSA) is 57.7 Å². The number of alkyl halides is 3. The highest BCUT2D eigenvalue weighted by atomic mass is 19.4. The lowest BCUT2D eigenvalue weighted by Crippen LogP contribution is -2.63. The molecule has 0 bridgehead atoms. The number of piperazine rings is 1. The summed E-state index contributed by atoms with van der Waals surface area (Å²) in [7, 11) is 0. The molecule has 2 aliphatic rings. The molecule has 1 amide bonds. The standard InChI is InChI=1S/C23H35F3N4O2/c1-18(2)16-29-10-12-30(13-11-29)22(8-14-32-15-9-22)17-27-21(31)7-6-19-4-3-5-20(28-19)23(24,25)26/h3-5,18H,6-17H2,1-2H3,(H,27,31). The van der Waals surface area contributed by atoms with E-state index < -0.39 is 11.9 Å². The smallest absolute Gasteiger partial charge is 0.381 e. The first-order valence-electron chi connectivity index (χ1n) is 11.5. The van der Waals surface area contributed by atoms with Crippen molar-refractivity contribution >= 4 is 5.91 Å². The minimum atomic E-state index is -4.48. The molecule has 0 aliphatic carbocycles. The molecule has 32 heavy (non-hydrogen) atoms. The zero-order valence-corrected chi connectivity index (χ0v) is 19.1. The van der Waals surface area contributed by atoms with Crippen molar-refractivity contribution in [3.8, 4) is 0 Å². The van der Waals surface area contributed by atoms with Gasteiger partial charge in [0, 0.05) is 70.1 Å². The molecule has 0 unspecified atom stereocenters. The lowest BCUT2D eigenvalue weighted by Gasteiger charge is -2.50. The molecule has 2 fully saturated rings. The number of aromatic nitrogens is 1. The third-order valence-electron chi connectivity index (χ3n) is 6.41. The van der Waals surface area contributed by atoms with Gasteiger partial charge < -0.3 is 15.0 Å². The summed E-state index contributed by atoms with van der Waals surface area (Å²) in [6, 6.07) is 3.80. The average Bonchev–Trinajstić information content (AvgIpc) is 2.76. The summed E-state index contributed by atoms with van der Waals surface area (Å²) in [5.74, 6) is 0.484. The molecular formula is C23H35F3N4O2. The van der Waals surface area contributed by atoms with Crippen LogP contribution in [0.3, 0.4) is 0 Å². The molecule has 3 heterocycles. The average molecular weight is 457 g/mol. The van der Waals surface area contributed by atoms with Gasteiger partial charge in [-0.2, -0.15) is 13.2 Å². The highest BCUT2D eigenvalue weighted by Gasteiger charge is 2.40. The maximum Gasteiger partial charge on any atom is 0.433 e. The van der Waals surface area contributed by atoms with Gasteiger partial charge >= 0.3 is 6.18 Å². The number of carbonyl (C=O) groups excluding carboxylic acids is 1. The Labute approximate surface area is 188 Å². The summed E-state index contributed by atoms with van der Waals surface area (Å²) < 4.78 is 44.1. The number of aryl methyl sites for hydroxylation is 1. The normalized spacial score (nSPS) is 20.4. The summed E-state index contributed by atoms with van der Waals surface area (Å²) in [5, 5.41) is 3.05. The van der Waals surface area contributed by atoms with E-state index in [1.807, 2.05) is 0 Å². The number of nitrogens with zero attached hydrogens (tertiary/aromatic N) is 3. The lowest BCUT2D eigenvalue weighted by molar-refractivity contribution is -0.141. The minimum absolute atomic E-state index is 0.114. The largest absolute Gasteiger partial charge is 0.433 e. The van der Waals surface area contributed by atoms with E-state index in [0.29, 0.717) is 25.7 Å². The van der Waals surface area contributed by atoms with Crippen LogP contribution in [-0.4, -0.2) is 78.7 Å². The molecule has 0 radical (unpaired) electrons. The number of ether oxygens (including phenoxy) is 1. The van der Waals surface area contributed by atoms with Crippen LogP contribution in [0.4, 0.5) is 13.2 Å². The van der Waals surface area contributed by atoms with E-state index in [4.69, 9.17) is 4.74 Å². The maximum atomic E-state index is 12.8. The SMILES string of the molecule is CC(C)CN1CCN(C2(CNC(=O)CCc3cccc(C(F)(F)F)n3)CCOCC2)CC1. The lowest BCUT2D eigenvalue weighted by atomic mass is 9.87. The molecule has 0 saturated carbocycles. The first-order valence-corrected chi connectivity index (χ1v) is 11.5. The Morgan fingerprint density at radius 1 is 1.19 bits per heavy atom. The molecule has 1 N–H and O–H groups in total. The van der Waals surface area contributed by atoms with Crippen LogP contribution in [0.5, 0.6) is 0 Å². The molecule has 1 aromatic heterocycles. The van der Waals surface area contributed by atoms with Gasteiger partial charge in [-0.1, -0.05) is 19.9 Å². The fourth-order valence-corrected chi connectivity index (χ4v) is 4.65. The van der Waals surface area contributed by atoms with Crippen LogP contribution < -0.4 is 5.32 Å². The quantitative estimate of drug-likeness (QED) is 0.652. The van der Waals surface area contributed by atoms with Crippen LogP contribution in [0.25, 0.3) is 0 Å². The van der Waals surface area contributed by atoms with Crippen LogP contribution in [0.1, 0.15) is 44.5 Å². The Kier molecular flexibility index (Phi) is 8.52. The van der Waals surface area contributed by atoms with Crippen molar-refractivity contribution in [2.75, 3.05) is 52.5 Å². The minimum Gasteiger partial charge on any atom is -0.381 e. The van der Waals surface area contributed by atoms with Crippen LogP contribution in [0, 0.1) is 5.92 Å². The highest BCUT2D eigenvalue weighted by molar-refractivity contribution is 5.76. The summed E-state index contributed by atoms with van der Waals surface area (Å²) >= 11 is 0. The van der Waals surface area contributed by atoms with Crippen molar-refractivity contribution < 1.29 is 22.7 Å². The summed E-state index contributed by atoms with van der Waals surface area (Å²) in [6.45, 7) is 11.4.